The van der Waals surface area contributed by atoms with Crippen molar-refractivity contribution in [1.82, 2.24) is 4.90 Å². The number of carbonyl (C=O) groups excluding carboxylic acids is 1. The van der Waals surface area contributed by atoms with Crippen molar-refractivity contribution in [2.75, 3.05) is 26.7 Å². The smallest absolute Gasteiger partial charge is 0.311 e. The largest absolute Gasteiger partial charge is 0.469 e. The molecule has 1 aliphatic heterocycles. The molecule has 1 aliphatic rings. The van der Waals surface area contributed by atoms with Crippen molar-refractivity contribution in [1.29, 1.82) is 0 Å². The van der Waals surface area contributed by atoms with Gasteiger partial charge in [-0.2, -0.15) is 0 Å². The summed E-state index contributed by atoms with van der Waals surface area (Å²) in [5.74, 6) is -0.126. The van der Waals surface area contributed by atoms with Crippen LogP contribution in [0.5, 0.6) is 0 Å². The second-order valence-electron chi connectivity index (χ2n) is 5.55. The normalized spacial score (nSPS) is 22.5. The number of esters is 1. The lowest BCUT2D eigenvalue weighted by molar-refractivity contribution is -0.151. The maximum atomic E-state index is 11.6. The topological polar surface area (TPSA) is 55.6 Å². The minimum Gasteiger partial charge on any atom is -0.469 e. The molecule has 4 heteroatoms. The summed E-state index contributed by atoms with van der Waals surface area (Å²) in [5.41, 5.74) is 5.39. The fraction of sp³-hybridized carbons (Fsp3) is 0.923. The van der Waals surface area contributed by atoms with Crippen LogP contribution in [0, 0.1) is 5.41 Å². The van der Waals surface area contributed by atoms with Crippen molar-refractivity contribution in [3.8, 4) is 0 Å². The van der Waals surface area contributed by atoms with E-state index in [1.807, 2.05) is 13.8 Å². The Kier molecular flexibility index (Phi) is 5.40. The molecule has 1 unspecified atom stereocenters. The van der Waals surface area contributed by atoms with Crippen LogP contribution >= 0.6 is 0 Å². The van der Waals surface area contributed by atoms with Crippen LogP contribution in [0.3, 0.4) is 0 Å². The lowest BCUT2D eigenvalue weighted by atomic mass is 9.88. The van der Waals surface area contributed by atoms with E-state index in [-0.39, 0.29) is 5.97 Å². The monoisotopic (exact) mass is 242 g/mol. The van der Waals surface area contributed by atoms with Gasteiger partial charge in [0.2, 0.25) is 0 Å². The molecule has 1 heterocycles. The Balaban J connectivity index is 2.45. The third-order valence-corrected chi connectivity index (χ3v) is 3.78. The summed E-state index contributed by atoms with van der Waals surface area (Å²) in [7, 11) is 1.45. The fourth-order valence-corrected chi connectivity index (χ4v) is 2.42. The number of hydrogen-bond donors (Lipinski definition) is 1. The van der Waals surface area contributed by atoms with Crippen molar-refractivity contribution < 1.29 is 9.53 Å². The first-order chi connectivity index (χ1) is 8.01. The Morgan fingerprint density at radius 2 is 2.18 bits per heavy atom. The molecule has 0 saturated carbocycles. The predicted octanol–water partition coefficient (Wildman–Crippen LogP) is 1.39. The highest BCUT2D eigenvalue weighted by molar-refractivity contribution is 5.75. The molecule has 0 aromatic heterocycles. The molecule has 4 nitrogen and oxygen atoms in total. The zero-order valence-electron chi connectivity index (χ0n) is 11.4. The van der Waals surface area contributed by atoms with E-state index >= 15 is 0 Å². The van der Waals surface area contributed by atoms with Crippen LogP contribution in [0.25, 0.3) is 0 Å². The molecule has 2 N–H and O–H groups in total. The van der Waals surface area contributed by atoms with E-state index in [1.54, 1.807) is 0 Å². The van der Waals surface area contributed by atoms with E-state index in [0.29, 0.717) is 6.04 Å². The van der Waals surface area contributed by atoms with Crippen LogP contribution in [0.2, 0.25) is 0 Å². The lowest BCUT2D eigenvalue weighted by Gasteiger charge is -2.36. The Morgan fingerprint density at radius 3 is 2.76 bits per heavy atom. The molecule has 0 radical (unpaired) electrons. The van der Waals surface area contributed by atoms with E-state index in [9.17, 15) is 4.79 Å². The first-order valence-electron chi connectivity index (χ1n) is 6.54. The van der Waals surface area contributed by atoms with Gasteiger partial charge < -0.3 is 10.5 Å². The molecule has 0 aliphatic carbocycles. The van der Waals surface area contributed by atoms with Gasteiger partial charge in [-0.25, -0.2) is 0 Å². The van der Waals surface area contributed by atoms with Gasteiger partial charge in [-0.05, 0) is 46.2 Å². The van der Waals surface area contributed by atoms with Crippen molar-refractivity contribution in [2.24, 2.45) is 11.1 Å². The fourth-order valence-electron chi connectivity index (χ4n) is 2.42. The molecule has 1 fully saturated rings. The molecular formula is C13H26N2O2. The standard InChI is InChI=1S/C13H26N2O2/c1-13(2,12(16)17-3)7-9-15-8-5-4-6-11(15)10-14/h11H,4-10,14H2,1-3H3. The first-order valence-corrected chi connectivity index (χ1v) is 6.54. The minimum absolute atomic E-state index is 0.126. The zero-order chi connectivity index (χ0) is 12.9. The number of methoxy groups -OCH3 is 1. The van der Waals surface area contributed by atoms with Crippen LogP contribution in [0.1, 0.15) is 39.5 Å². The van der Waals surface area contributed by atoms with Crippen molar-refractivity contribution in [3.05, 3.63) is 0 Å². The number of likely N-dealkylation sites (tertiary alicyclic amines) is 1. The van der Waals surface area contributed by atoms with Crippen LogP contribution in [-0.4, -0.2) is 43.7 Å². The molecule has 1 saturated heterocycles. The minimum atomic E-state index is -0.397. The van der Waals surface area contributed by atoms with E-state index in [0.717, 1.165) is 26.1 Å². The predicted molar refractivity (Wildman–Crippen MR) is 68.7 cm³/mol. The van der Waals surface area contributed by atoms with Crippen LogP contribution in [0.15, 0.2) is 0 Å². The molecule has 0 bridgehead atoms. The van der Waals surface area contributed by atoms with Crippen LogP contribution in [-0.2, 0) is 9.53 Å². The summed E-state index contributed by atoms with van der Waals surface area (Å²) >= 11 is 0. The summed E-state index contributed by atoms with van der Waals surface area (Å²) in [6.45, 7) is 6.65. The molecule has 0 spiro atoms. The quantitative estimate of drug-likeness (QED) is 0.740. The molecule has 100 valence electrons. The number of ether oxygens (including phenoxy) is 1. The summed E-state index contributed by atoms with van der Waals surface area (Å²) in [6, 6.07) is 0.497. The van der Waals surface area contributed by atoms with Gasteiger partial charge >= 0.3 is 5.97 Å². The zero-order valence-corrected chi connectivity index (χ0v) is 11.4. The number of nitrogens with zero attached hydrogens (tertiary/aromatic N) is 1. The van der Waals surface area contributed by atoms with Crippen LogP contribution < -0.4 is 5.73 Å². The maximum absolute atomic E-state index is 11.6. The molecule has 17 heavy (non-hydrogen) atoms. The second kappa shape index (κ2) is 6.36. The number of hydrogen-bond acceptors (Lipinski definition) is 4. The highest BCUT2D eigenvalue weighted by atomic mass is 16.5. The Hall–Kier alpha value is -0.610. The molecular weight excluding hydrogens is 216 g/mol. The van der Waals surface area contributed by atoms with Gasteiger partial charge in [0.05, 0.1) is 12.5 Å². The lowest BCUT2D eigenvalue weighted by Crippen LogP contribution is -2.45. The summed E-state index contributed by atoms with van der Waals surface area (Å²) in [4.78, 5) is 14.0. The van der Waals surface area contributed by atoms with E-state index in [1.165, 1.54) is 26.4 Å². The number of carbonyl (C=O) groups is 1. The molecule has 1 rings (SSSR count). The van der Waals surface area contributed by atoms with Gasteiger partial charge in [-0.15, -0.1) is 0 Å². The Bertz CT molecular complexity index is 254. The summed E-state index contributed by atoms with van der Waals surface area (Å²) in [6.07, 6.45) is 4.54. The van der Waals surface area contributed by atoms with E-state index < -0.39 is 5.41 Å². The van der Waals surface area contributed by atoms with Gasteiger partial charge in [-0.1, -0.05) is 6.42 Å². The highest BCUT2D eigenvalue weighted by Gasteiger charge is 2.30. The van der Waals surface area contributed by atoms with Gasteiger partial charge in [0, 0.05) is 12.6 Å². The summed E-state index contributed by atoms with van der Waals surface area (Å²) < 4.78 is 4.83. The molecule has 0 amide bonds. The van der Waals surface area contributed by atoms with Crippen LogP contribution in [0.4, 0.5) is 0 Å². The maximum Gasteiger partial charge on any atom is 0.311 e. The van der Waals surface area contributed by atoms with E-state index in [2.05, 4.69) is 4.90 Å². The van der Waals surface area contributed by atoms with Gasteiger partial charge in [-0.3, -0.25) is 9.69 Å². The number of rotatable bonds is 5. The first kappa shape index (κ1) is 14.5. The average molecular weight is 242 g/mol. The van der Waals surface area contributed by atoms with E-state index in [4.69, 9.17) is 10.5 Å². The van der Waals surface area contributed by atoms with Crippen molar-refractivity contribution in [2.45, 2.75) is 45.6 Å². The third kappa shape index (κ3) is 3.96. The van der Waals surface area contributed by atoms with Gasteiger partial charge in [0.1, 0.15) is 0 Å². The molecule has 0 aromatic carbocycles. The van der Waals surface area contributed by atoms with Gasteiger partial charge in [0.15, 0.2) is 0 Å². The average Bonchev–Trinajstić information content (AvgIpc) is 2.35. The Labute approximate surface area is 104 Å². The number of nitrogens with two attached hydrogens (primary N) is 1. The van der Waals surface area contributed by atoms with Gasteiger partial charge in [0.25, 0.3) is 0 Å². The van der Waals surface area contributed by atoms with Crippen molar-refractivity contribution in [3.63, 3.8) is 0 Å². The number of piperidine rings is 1. The van der Waals surface area contributed by atoms with Crippen molar-refractivity contribution >= 4 is 5.97 Å². The summed E-state index contributed by atoms with van der Waals surface area (Å²) in [5, 5.41) is 0. The highest BCUT2D eigenvalue weighted by Crippen LogP contribution is 2.24. The Morgan fingerprint density at radius 1 is 1.47 bits per heavy atom. The molecule has 0 aromatic rings. The second-order valence-corrected chi connectivity index (χ2v) is 5.55. The molecule has 1 atom stereocenters. The third-order valence-electron chi connectivity index (χ3n) is 3.78. The SMILES string of the molecule is COC(=O)C(C)(C)CCN1CCCCC1CN.